The maximum Gasteiger partial charge on any atom is 0.348 e. The molecule has 2 N–H and O–H groups in total. The Morgan fingerprint density at radius 2 is 1.75 bits per heavy atom. The number of piperazine rings is 1. The first-order valence-corrected chi connectivity index (χ1v) is 16.9. The number of benzene rings is 1. The molecule has 3 aromatic rings. The smallest absolute Gasteiger partial charge is 0.348 e. The Morgan fingerprint density at radius 1 is 1.10 bits per heavy atom. The van der Waals surface area contributed by atoms with E-state index in [-0.39, 0.29) is 51.6 Å². The zero-order valence-corrected chi connectivity index (χ0v) is 29.5. The predicted octanol–water partition coefficient (Wildman–Crippen LogP) is 5.59. The first-order chi connectivity index (χ1) is 22.6. The molecule has 0 amide bonds. The van der Waals surface area contributed by atoms with Gasteiger partial charge in [0, 0.05) is 37.9 Å². The molecular formula is C33H39FN4O8S2. The Labute approximate surface area is 286 Å². The van der Waals surface area contributed by atoms with E-state index in [1.54, 1.807) is 39.2 Å². The molecule has 1 saturated carbocycles. The van der Waals surface area contributed by atoms with Crippen molar-refractivity contribution in [2.75, 3.05) is 37.0 Å². The minimum Gasteiger partial charge on any atom is -0.492 e. The number of esters is 2. The summed E-state index contributed by atoms with van der Waals surface area (Å²) in [6.07, 6.45) is 2.18. The average molecular weight is 703 g/mol. The van der Waals surface area contributed by atoms with E-state index in [0.717, 1.165) is 30.2 Å². The Balaban J connectivity index is 1.44. The van der Waals surface area contributed by atoms with Crippen LogP contribution in [0.5, 0.6) is 5.75 Å². The number of methoxy groups -OCH3 is 1. The van der Waals surface area contributed by atoms with Crippen LogP contribution in [0, 0.1) is 12.7 Å². The fourth-order valence-electron chi connectivity index (χ4n) is 5.94. The molecule has 3 heterocycles. The summed E-state index contributed by atoms with van der Waals surface area (Å²) in [5.41, 5.74) is -0.0223. The number of aromatic nitrogens is 1. The summed E-state index contributed by atoms with van der Waals surface area (Å²) < 4.78 is 34.3. The molecular weight excluding hydrogens is 664 g/mol. The lowest BCUT2D eigenvalue weighted by molar-refractivity contribution is 0.0378. The number of pyridine rings is 1. The predicted molar refractivity (Wildman–Crippen MR) is 185 cm³/mol. The van der Waals surface area contributed by atoms with E-state index in [0.29, 0.717) is 40.8 Å². The lowest BCUT2D eigenvalue weighted by Gasteiger charge is -2.42. The van der Waals surface area contributed by atoms with Crippen LogP contribution in [-0.4, -0.2) is 82.6 Å². The highest BCUT2D eigenvalue weighted by molar-refractivity contribution is 7.80. The zero-order chi connectivity index (χ0) is 35.2. The third-order valence-corrected chi connectivity index (χ3v) is 9.74. The summed E-state index contributed by atoms with van der Waals surface area (Å²) in [4.78, 5) is 54.9. The van der Waals surface area contributed by atoms with Crippen LogP contribution in [0.3, 0.4) is 0 Å². The maximum absolute atomic E-state index is 15.9. The van der Waals surface area contributed by atoms with Crippen molar-refractivity contribution < 1.29 is 38.1 Å². The Morgan fingerprint density at radius 3 is 2.31 bits per heavy atom. The van der Waals surface area contributed by atoms with Gasteiger partial charge in [0.1, 0.15) is 21.1 Å². The van der Waals surface area contributed by atoms with Crippen LogP contribution in [0.4, 0.5) is 15.1 Å². The van der Waals surface area contributed by atoms with Gasteiger partial charge < -0.3 is 39.0 Å². The van der Waals surface area contributed by atoms with Gasteiger partial charge in [-0.15, -0.1) is 11.3 Å². The summed E-state index contributed by atoms with van der Waals surface area (Å²) in [7, 11) is 1.40. The van der Waals surface area contributed by atoms with Crippen molar-refractivity contribution in [3.05, 3.63) is 49.9 Å². The first-order valence-electron chi connectivity index (χ1n) is 15.7. The van der Waals surface area contributed by atoms with Crippen LogP contribution in [0.15, 0.2) is 17.1 Å². The second kappa shape index (κ2) is 13.7. The van der Waals surface area contributed by atoms with E-state index in [2.05, 4.69) is 5.32 Å². The van der Waals surface area contributed by atoms with E-state index in [1.165, 1.54) is 13.3 Å². The quantitative estimate of drug-likeness (QED) is 0.212. The molecule has 0 spiro atoms. The van der Waals surface area contributed by atoms with E-state index >= 15 is 4.39 Å². The number of hydrogen-bond acceptors (Lipinski definition) is 10. The molecule has 1 aliphatic carbocycles. The number of fused-ring (bicyclic) bond motifs is 1. The molecule has 1 saturated heterocycles. The van der Waals surface area contributed by atoms with Crippen LogP contribution in [-0.2, 0) is 9.47 Å². The number of carboxylic acid groups (broad SMARTS) is 1. The fraction of sp³-hybridized carbons (Fsp3) is 0.485. The van der Waals surface area contributed by atoms with Crippen LogP contribution in [0.1, 0.15) is 89.5 Å². The number of carboxylic acids is 1. The van der Waals surface area contributed by atoms with Crippen LogP contribution >= 0.6 is 23.6 Å². The molecule has 12 nitrogen and oxygen atoms in total. The van der Waals surface area contributed by atoms with Gasteiger partial charge in [-0.1, -0.05) is 0 Å². The van der Waals surface area contributed by atoms with Gasteiger partial charge in [-0.25, -0.2) is 18.8 Å². The monoisotopic (exact) mass is 702 g/mol. The van der Waals surface area contributed by atoms with Gasteiger partial charge >= 0.3 is 17.9 Å². The normalized spacial score (nSPS) is 16.4. The van der Waals surface area contributed by atoms with Crippen molar-refractivity contribution in [2.24, 2.45) is 0 Å². The van der Waals surface area contributed by atoms with Gasteiger partial charge in [0.15, 0.2) is 16.7 Å². The Bertz CT molecular complexity index is 1870. The fourth-order valence-corrected chi connectivity index (χ4v) is 7.45. The molecule has 0 radical (unpaired) electrons. The molecule has 2 aliphatic rings. The van der Waals surface area contributed by atoms with Crippen molar-refractivity contribution >= 4 is 68.2 Å². The Hall–Kier alpha value is -4.24. The molecule has 1 aromatic carbocycles. The number of thiophene rings is 1. The van der Waals surface area contributed by atoms with Crippen molar-refractivity contribution in [3.63, 3.8) is 0 Å². The molecule has 1 aliphatic heterocycles. The van der Waals surface area contributed by atoms with Gasteiger partial charge in [0.25, 0.3) is 0 Å². The number of carbonyl (C=O) groups is 3. The second-order valence-corrected chi connectivity index (χ2v) is 13.9. The maximum atomic E-state index is 15.9. The Kier molecular flexibility index (Phi) is 10.0. The van der Waals surface area contributed by atoms with E-state index in [9.17, 15) is 24.3 Å². The standard InChI is InChI=1S/C33H39FN4O8S2/c1-15(2)45-31(42)23-18(6)28(32(43)46-16(3)4)48-29(23)35-33(47)37-11-10-36(13-17(37)5)25-22(34)12-20-24(27(25)44-7)38(19-8-9-19)14-21(26(20)39)30(40)41/h12,14-17,19H,8-11,13H2,1-7H3,(H,35,47)(H,40,41). The van der Waals surface area contributed by atoms with E-state index in [1.807, 2.05) is 16.7 Å². The molecule has 15 heteroatoms. The summed E-state index contributed by atoms with van der Waals surface area (Å²) in [5.74, 6) is -3.06. The van der Waals surface area contributed by atoms with E-state index in [4.69, 9.17) is 26.4 Å². The van der Waals surface area contributed by atoms with Crippen molar-refractivity contribution in [1.29, 1.82) is 0 Å². The van der Waals surface area contributed by atoms with E-state index < -0.39 is 34.7 Å². The highest BCUT2D eigenvalue weighted by atomic mass is 32.1. The number of carbonyl (C=O) groups excluding carboxylic acids is 2. The first kappa shape index (κ1) is 35.1. The van der Waals surface area contributed by atoms with Gasteiger partial charge in [0.05, 0.1) is 35.8 Å². The number of halogens is 1. The lowest BCUT2D eigenvalue weighted by atomic mass is 10.1. The number of nitrogens with one attached hydrogen (secondary N) is 1. The molecule has 0 bridgehead atoms. The van der Waals surface area contributed by atoms with Crippen LogP contribution < -0.4 is 20.4 Å². The third-order valence-electron chi connectivity index (χ3n) is 8.22. The molecule has 2 aromatic heterocycles. The minimum atomic E-state index is -1.37. The molecule has 258 valence electrons. The summed E-state index contributed by atoms with van der Waals surface area (Å²) in [6.45, 7) is 11.5. The molecule has 48 heavy (non-hydrogen) atoms. The topological polar surface area (TPSA) is 140 Å². The van der Waals surface area contributed by atoms with Crippen molar-refractivity contribution in [2.45, 2.75) is 78.7 Å². The van der Waals surface area contributed by atoms with Gasteiger partial charge in [0.2, 0.25) is 5.43 Å². The van der Waals surface area contributed by atoms with Crippen LogP contribution in [0.25, 0.3) is 10.9 Å². The van der Waals surface area contributed by atoms with Crippen LogP contribution in [0.2, 0.25) is 0 Å². The number of ether oxygens (including phenoxy) is 3. The number of hydrogen-bond donors (Lipinski definition) is 2. The van der Waals surface area contributed by atoms with Crippen molar-refractivity contribution in [1.82, 2.24) is 9.47 Å². The van der Waals surface area contributed by atoms with Gasteiger partial charge in [-0.3, -0.25) is 4.79 Å². The molecule has 1 unspecified atom stereocenters. The highest BCUT2D eigenvalue weighted by Crippen LogP contribution is 2.44. The molecule has 1 atom stereocenters. The second-order valence-electron chi connectivity index (χ2n) is 12.5. The molecule has 2 fully saturated rings. The number of rotatable bonds is 9. The highest BCUT2D eigenvalue weighted by Gasteiger charge is 2.35. The van der Waals surface area contributed by atoms with Gasteiger partial charge in [-0.05, 0) is 78.2 Å². The minimum absolute atomic E-state index is 0.0195. The largest absolute Gasteiger partial charge is 0.492 e. The average Bonchev–Trinajstić information content (AvgIpc) is 3.78. The number of anilines is 2. The number of nitrogens with zero attached hydrogens (tertiary/aromatic N) is 3. The number of aromatic carboxylic acids is 1. The van der Waals surface area contributed by atoms with Crippen molar-refractivity contribution in [3.8, 4) is 5.75 Å². The number of thiocarbonyl (C=S) groups is 1. The van der Waals surface area contributed by atoms with Gasteiger partial charge in [-0.2, -0.15) is 0 Å². The summed E-state index contributed by atoms with van der Waals surface area (Å²) >= 11 is 6.86. The summed E-state index contributed by atoms with van der Waals surface area (Å²) in [5, 5.41) is 13.4. The molecule has 5 rings (SSSR count). The SMILES string of the molecule is COc1c(N2CCN(C(=S)Nc3sc(C(=O)OC(C)C)c(C)c3C(=O)OC(C)C)C(C)C2)c(F)cc2c(=O)c(C(=O)O)cn(C3CC3)c12. The third kappa shape index (κ3) is 6.70. The summed E-state index contributed by atoms with van der Waals surface area (Å²) in [6, 6.07) is 0.827. The lowest BCUT2D eigenvalue weighted by Crippen LogP contribution is -2.55. The zero-order valence-electron chi connectivity index (χ0n) is 27.8.